The Morgan fingerprint density at radius 3 is 2.89 bits per heavy atom. The van der Waals surface area contributed by atoms with Crippen LogP contribution < -0.4 is 15.8 Å². The van der Waals surface area contributed by atoms with Crippen LogP contribution >= 0.6 is 0 Å². The number of nitrogens with two attached hydrogens (primary N) is 1. The van der Waals surface area contributed by atoms with Gasteiger partial charge in [0.25, 0.3) is 0 Å². The van der Waals surface area contributed by atoms with Gasteiger partial charge in [-0.2, -0.15) is 0 Å². The number of anilines is 2. The van der Waals surface area contributed by atoms with Crippen molar-refractivity contribution in [3.05, 3.63) is 18.2 Å². The maximum absolute atomic E-state index is 5.81. The van der Waals surface area contributed by atoms with Gasteiger partial charge in [-0.3, -0.25) is 0 Å². The average Bonchev–Trinajstić information content (AvgIpc) is 2.36. The molecule has 0 radical (unpaired) electrons. The smallest absolute Gasteiger partial charge is 0.143 e. The third kappa shape index (κ3) is 2.88. The lowest BCUT2D eigenvalue weighted by atomic mass is 9.98. The van der Waals surface area contributed by atoms with Gasteiger partial charge in [0.1, 0.15) is 5.75 Å². The summed E-state index contributed by atoms with van der Waals surface area (Å²) in [5.41, 5.74) is 7.58. The number of benzene rings is 1. The monoisotopic (exact) mass is 249 g/mol. The molecule has 1 heterocycles. The maximum Gasteiger partial charge on any atom is 0.143 e. The lowest BCUT2D eigenvalue weighted by Gasteiger charge is -2.35. The first-order chi connectivity index (χ1) is 8.60. The Bertz CT molecular complexity index is 408. The highest BCUT2D eigenvalue weighted by Gasteiger charge is 2.22. The highest BCUT2D eigenvalue weighted by Crippen LogP contribution is 2.27. The first-order valence-electron chi connectivity index (χ1n) is 6.50. The van der Waals surface area contributed by atoms with E-state index in [0.717, 1.165) is 18.0 Å². The van der Waals surface area contributed by atoms with Crippen molar-refractivity contribution < 1.29 is 4.74 Å². The summed E-state index contributed by atoms with van der Waals surface area (Å²) in [7, 11) is 3.83. The molecule has 0 bridgehead atoms. The minimum atomic E-state index is 0.532. The lowest BCUT2D eigenvalue weighted by Crippen LogP contribution is -2.42. The van der Waals surface area contributed by atoms with Gasteiger partial charge in [0.2, 0.25) is 0 Å². The Morgan fingerprint density at radius 2 is 2.22 bits per heavy atom. The molecule has 0 aliphatic carbocycles. The summed E-state index contributed by atoms with van der Waals surface area (Å²) < 4.78 is 5.24. The molecule has 1 saturated heterocycles. The van der Waals surface area contributed by atoms with E-state index < -0.39 is 0 Å². The van der Waals surface area contributed by atoms with E-state index in [1.54, 1.807) is 7.11 Å². The van der Waals surface area contributed by atoms with Crippen LogP contribution in [0.4, 0.5) is 11.4 Å². The third-order valence-corrected chi connectivity index (χ3v) is 3.81. The fourth-order valence-corrected chi connectivity index (χ4v) is 2.46. The molecule has 0 spiro atoms. The molecule has 18 heavy (non-hydrogen) atoms. The van der Waals surface area contributed by atoms with Crippen LogP contribution in [-0.4, -0.2) is 37.7 Å². The van der Waals surface area contributed by atoms with E-state index >= 15 is 0 Å². The normalized spacial score (nSPS) is 24.8. The molecule has 2 rings (SSSR count). The second-order valence-electron chi connectivity index (χ2n) is 5.15. The molecule has 2 atom stereocenters. The van der Waals surface area contributed by atoms with Crippen LogP contribution in [0.25, 0.3) is 0 Å². The Morgan fingerprint density at radius 1 is 1.44 bits per heavy atom. The first-order valence-corrected chi connectivity index (χ1v) is 6.50. The quantitative estimate of drug-likeness (QED) is 0.806. The zero-order valence-electron chi connectivity index (χ0n) is 11.4. The number of hydrogen-bond donors (Lipinski definition) is 2. The van der Waals surface area contributed by atoms with Crippen LogP contribution in [-0.2, 0) is 0 Å². The molecular weight excluding hydrogens is 226 g/mol. The molecule has 0 saturated carbocycles. The Kier molecular flexibility index (Phi) is 3.97. The number of ether oxygens (including phenoxy) is 1. The van der Waals surface area contributed by atoms with Gasteiger partial charge in [-0.15, -0.1) is 0 Å². The summed E-state index contributed by atoms with van der Waals surface area (Å²) in [5.74, 6) is 0.737. The second-order valence-corrected chi connectivity index (χ2v) is 5.15. The van der Waals surface area contributed by atoms with Gasteiger partial charge >= 0.3 is 0 Å². The zero-order chi connectivity index (χ0) is 13.1. The number of methoxy groups -OCH3 is 1. The summed E-state index contributed by atoms with van der Waals surface area (Å²) in [6.07, 6.45) is 2.34. The molecular formula is C14H23N3O. The van der Waals surface area contributed by atoms with Crippen LogP contribution in [0, 0.1) is 0 Å². The van der Waals surface area contributed by atoms with Crippen LogP contribution in [0.15, 0.2) is 18.2 Å². The highest BCUT2D eigenvalue weighted by atomic mass is 16.5. The molecule has 0 amide bonds. The number of nitrogen functional groups attached to an aromatic ring is 1. The number of likely N-dealkylation sites (tertiary alicyclic amines) is 1. The Labute approximate surface area is 109 Å². The molecule has 100 valence electrons. The predicted octanol–water partition coefficient (Wildman–Crippen LogP) is 2.17. The van der Waals surface area contributed by atoms with E-state index in [9.17, 15) is 0 Å². The number of hydrogen-bond acceptors (Lipinski definition) is 4. The number of piperidine rings is 1. The highest BCUT2D eigenvalue weighted by molar-refractivity contribution is 5.61. The van der Waals surface area contributed by atoms with Gasteiger partial charge < -0.3 is 20.7 Å². The van der Waals surface area contributed by atoms with E-state index in [1.807, 2.05) is 18.2 Å². The molecule has 1 aromatic carbocycles. The van der Waals surface area contributed by atoms with Gasteiger partial charge in [0.05, 0.1) is 12.8 Å². The average molecular weight is 249 g/mol. The second kappa shape index (κ2) is 5.48. The first kappa shape index (κ1) is 13.0. The molecule has 1 aliphatic rings. The SMILES string of the molecule is COc1cc(NC2CCN(C)C(C)C2)ccc1N. The van der Waals surface area contributed by atoms with Crippen molar-refractivity contribution in [1.29, 1.82) is 0 Å². The topological polar surface area (TPSA) is 50.5 Å². The molecule has 1 fully saturated rings. The third-order valence-electron chi connectivity index (χ3n) is 3.81. The van der Waals surface area contributed by atoms with Gasteiger partial charge in [-0.05, 0) is 38.9 Å². The minimum Gasteiger partial charge on any atom is -0.495 e. The predicted molar refractivity (Wildman–Crippen MR) is 76.1 cm³/mol. The van der Waals surface area contributed by atoms with E-state index in [1.165, 1.54) is 12.8 Å². The molecule has 1 aromatic rings. The molecule has 4 nitrogen and oxygen atoms in total. The summed E-state index contributed by atoms with van der Waals surface area (Å²) in [4.78, 5) is 2.40. The summed E-state index contributed by atoms with van der Waals surface area (Å²) in [5, 5.41) is 3.57. The summed E-state index contributed by atoms with van der Waals surface area (Å²) >= 11 is 0. The summed E-state index contributed by atoms with van der Waals surface area (Å²) in [6, 6.07) is 7.04. The van der Waals surface area contributed by atoms with Crippen LogP contribution in [0.2, 0.25) is 0 Å². The minimum absolute atomic E-state index is 0.532. The van der Waals surface area contributed by atoms with Crippen LogP contribution in [0.5, 0.6) is 5.75 Å². The molecule has 1 aliphatic heterocycles. The van der Waals surface area contributed by atoms with Crippen molar-refractivity contribution >= 4 is 11.4 Å². The Balaban J connectivity index is 2.01. The van der Waals surface area contributed by atoms with Crippen molar-refractivity contribution in [2.24, 2.45) is 0 Å². The van der Waals surface area contributed by atoms with Gasteiger partial charge in [0.15, 0.2) is 0 Å². The fourth-order valence-electron chi connectivity index (χ4n) is 2.46. The van der Waals surface area contributed by atoms with Crippen LogP contribution in [0.1, 0.15) is 19.8 Å². The summed E-state index contributed by atoms with van der Waals surface area (Å²) in [6.45, 7) is 3.42. The van der Waals surface area contributed by atoms with E-state index in [4.69, 9.17) is 10.5 Å². The number of nitrogens with zero attached hydrogens (tertiary/aromatic N) is 1. The van der Waals surface area contributed by atoms with Crippen LogP contribution in [0.3, 0.4) is 0 Å². The van der Waals surface area contributed by atoms with Gasteiger partial charge in [-0.25, -0.2) is 0 Å². The van der Waals surface area contributed by atoms with Crippen molar-refractivity contribution in [1.82, 2.24) is 4.90 Å². The van der Waals surface area contributed by atoms with Crippen molar-refractivity contribution in [2.45, 2.75) is 31.8 Å². The molecule has 4 heteroatoms. The number of rotatable bonds is 3. The standard InChI is InChI=1S/C14H23N3O/c1-10-8-12(6-7-17(10)2)16-11-4-5-13(15)14(9-11)18-3/h4-5,9-10,12,16H,6-8,15H2,1-3H3. The van der Waals surface area contributed by atoms with Crippen molar-refractivity contribution in [3.8, 4) is 5.75 Å². The zero-order valence-corrected chi connectivity index (χ0v) is 11.4. The van der Waals surface area contributed by atoms with Crippen molar-refractivity contribution in [3.63, 3.8) is 0 Å². The van der Waals surface area contributed by atoms with E-state index in [0.29, 0.717) is 17.8 Å². The lowest BCUT2D eigenvalue weighted by molar-refractivity contribution is 0.190. The van der Waals surface area contributed by atoms with Gasteiger partial charge in [-0.1, -0.05) is 0 Å². The van der Waals surface area contributed by atoms with Gasteiger partial charge in [0, 0.05) is 30.4 Å². The van der Waals surface area contributed by atoms with E-state index in [-0.39, 0.29) is 0 Å². The fraction of sp³-hybridized carbons (Fsp3) is 0.571. The van der Waals surface area contributed by atoms with Crippen molar-refractivity contribution in [2.75, 3.05) is 31.8 Å². The largest absolute Gasteiger partial charge is 0.495 e. The molecule has 3 N–H and O–H groups in total. The number of nitrogens with one attached hydrogen (secondary N) is 1. The van der Waals surface area contributed by atoms with E-state index in [2.05, 4.69) is 24.2 Å². The maximum atomic E-state index is 5.81. The Hall–Kier alpha value is -1.42. The molecule has 2 unspecified atom stereocenters. The molecule has 0 aromatic heterocycles.